The van der Waals surface area contributed by atoms with Crippen molar-refractivity contribution in [2.45, 2.75) is 13.3 Å². The summed E-state index contributed by atoms with van der Waals surface area (Å²) in [7, 11) is 0. The molecule has 3 nitrogen and oxygen atoms in total. The van der Waals surface area contributed by atoms with Crippen LogP contribution in [0.1, 0.15) is 17.0 Å². The second-order valence-corrected chi connectivity index (χ2v) is 6.79. The highest BCUT2D eigenvalue weighted by Gasteiger charge is 2.15. The number of hydrogen-bond donors (Lipinski definition) is 0. The Morgan fingerprint density at radius 3 is 2.39 bits per heavy atom. The molecule has 0 N–H and O–H groups in total. The molecule has 0 amide bonds. The summed E-state index contributed by atoms with van der Waals surface area (Å²) in [5.74, 6) is 2.27. The lowest BCUT2D eigenvalue weighted by molar-refractivity contribution is 0.482. The van der Waals surface area contributed by atoms with Crippen molar-refractivity contribution in [2.24, 2.45) is 0 Å². The minimum Gasteiger partial charge on any atom is -0.457 e. The number of aryl methyl sites for hydroxylation is 1. The maximum atomic E-state index is 13.3. The Balaban J connectivity index is 1.51. The maximum Gasteiger partial charge on any atom is 0.228 e. The Morgan fingerprint density at radius 2 is 1.68 bits per heavy atom. The highest BCUT2D eigenvalue weighted by Crippen LogP contribution is 2.30. The van der Waals surface area contributed by atoms with E-state index < -0.39 is 5.82 Å². The smallest absolute Gasteiger partial charge is 0.228 e. The van der Waals surface area contributed by atoms with Gasteiger partial charge in [0.15, 0.2) is 0 Å². The molecule has 1 aromatic heterocycles. The van der Waals surface area contributed by atoms with Gasteiger partial charge in [0.05, 0.1) is 16.3 Å². The molecule has 0 saturated heterocycles. The summed E-state index contributed by atoms with van der Waals surface area (Å²) in [6, 6.07) is 21.6. The molecule has 3 aromatic carbocycles. The monoisotopic (exact) mass is 393 g/mol. The second-order valence-electron chi connectivity index (χ2n) is 6.38. The quantitative estimate of drug-likeness (QED) is 0.373. The number of halogens is 2. The Hall–Kier alpha value is -3.11. The summed E-state index contributed by atoms with van der Waals surface area (Å²) >= 11 is 6.12. The van der Waals surface area contributed by atoms with Crippen molar-refractivity contribution in [2.75, 3.05) is 0 Å². The molecule has 0 bridgehead atoms. The molecule has 0 unspecified atom stereocenters. The third-order valence-electron chi connectivity index (χ3n) is 4.33. The number of aromatic nitrogens is 1. The molecule has 4 aromatic rings. The topological polar surface area (TPSA) is 35.3 Å². The molecule has 0 aliphatic carbocycles. The molecule has 0 fully saturated rings. The van der Waals surface area contributed by atoms with Crippen molar-refractivity contribution in [3.63, 3.8) is 0 Å². The molecule has 0 aliphatic heterocycles. The van der Waals surface area contributed by atoms with Crippen LogP contribution in [0.25, 0.3) is 11.5 Å². The lowest BCUT2D eigenvalue weighted by Gasteiger charge is -2.06. The van der Waals surface area contributed by atoms with E-state index >= 15 is 0 Å². The SMILES string of the molecule is Cc1oc(-c2ccc(F)cc2Cl)nc1Cc1ccc(Oc2ccccc2)cc1. The average molecular weight is 394 g/mol. The lowest BCUT2D eigenvalue weighted by atomic mass is 10.1. The molecule has 0 saturated carbocycles. The van der Waals surface area contributed by atoms with Gasteiger partial charge in [0.25, 0.3) is 0 Å². The molecular weight excluding hydrogens is 377 g/mol. The van der Waals surface area contributed by atoms with E-state index in [2.05, 4.69) is 4.98 Å². The van der Waals surface area contributed by atoms with Crippen LogP contribution in [0.3, 0.4) is 0 Å². The van der Waals surface area contributed by atoms with E-state index in [4.69, 9.17) is 20.8 Å². The molecule has 4 rings (SSSR count). The summed E-state index contributed by atoms with van der Waals surface area (Å²) in [6.45, 7) is 1.86. The fourth-order valence-corrected chi connectivity index (χ4v) is 3.11. The van der Waals surface area contributed by atoms with E-state index in [-0.39, 0.29) is 5.02 Å². The van der Waals surface area contributed by atoms with Crippen LogP contribution >= 0.6 is 11.6 Å². The number of nitrogens with zero attached hydrogens (tertiary/aromatic N) is 1. The first kappa shape index (κ1) is 18.3. The minimum absolute atomic E-state index is 0.273. The zero-order chi connectivity index (χ0) is 19.5. The number of rotatable bonds is 5. The van der Waals surface area contributed by atoms with Gasteiger partial charge in [-0.1, -0.05) is 41.9 Å². The Morgan fingerprint density at radius 1 is 0.964 bits per heavy atom. The molecule has 1 heterocycles. The van der Waals surface area contributed by atoms with Crippen molar-refractivity contribution in [1.82, 2.24) is 4.98 Å². The first-order valence-electron chi connectivity index (χ1n) is 8.82. The number of para-hydroxylation sites is 1. The Bertz CT molecular complexity index is 1090. The van der Waals surface area contributed by atoms with Crippen LogP contribution in [0, 0.1) is 12.7 Å². The second kappa shape index (κ2) is 7.87. The Labute approximate surface area is 167 Å². The molecule has 5 heteroatoms. The third kappa shape index (κ3) is 4.07. The molecule has 0 aliphatic rings. The van der Waals surface area contributed by atoms with Gasteiger partial charge in [0, 0.05) is 6.42 Å². The van der Waals surface area contributed by atoms with Crippen molar-refractivity contribution in [3.05, 3.63) is 101 Å². The van der Waals surface area contributed by atoms with Crippen LogP contribution in [-0.2, 0) is 6.42 Å². The van der Waals surface area contributed by atoms with E-state index in [1.54, 1.807) is 6.07 Å². The fraction of sp³-hybridized carbons (Fsp3) is 0.0870. The van der Waals surface area contributed by atoms with Gasteiger partial charge in [-0.25, -0.2) is 9.37 Å². The van der Waals surface area contributed by atoms with Gasteiger partial charge in [-0.15, -0.1) is 0 Å². The molecule has 0 spiro atoms. The number of ether oxygens (including phenoxy) is 1. The van der Waals surface area contributed by atoms with Gasteiger partial charge in [0.1, 0.15) is 23.1 Å². The first-order chi connectivity index (χ1) is 13.6. The summed E-state index contributed by atoms with van der Waals surface area (Å²) in [4.78, 5) is 4.55. The zero-order valence-corrected chi connectivity index (χ0v) is 15.9. The van der Waals surface area contributed by atoms with E-state index in [0.29, 0.717) is 23.6 Å². The van der Waals surface area contributed by atoms with E-state index in [1.165, 1.54) is 12.1 Å². The first-order valence-corrected chi connectivity index (χ1v) is 9.20. The highest BCUT2D eigenvalue weighted by molar-refractivity contribution is 6.33. The summed E-state index contributed by atoms with van der Waals surface area (Å²) < 4.78 is 24.8. The molecule has 0 atom stereocenters. The molecular formula is C23H17ClFNO2. The van der Waals surface area contributed by atoms with Crippen molar-refractivity contribution in [3.8, 4) is 23.0 Å². The van der Waals surface area contributed by atoms with Crippen LogP contribution in [0.5, 0.6) is 11.5 Å². The number of hydrogen-bond acceptors (Lipinski definition) is 3. The summed E-state index contributed by atoms with van der Waals surface area (Å²) in [6.07, 6.45) is 0.611. The van der Waals surface area contributed by atoms with Crippen LogP contribution < -0.4 is 4.74 Å². The van der Waals surface area contributed by atoms with Crippen LogP contribution in [0.2, 0.25) is 5.02 Å². The van der Waals surface area contributed by atoms with Gasteiger partial charge in [-0.2, -0.15) is 0 Å². The van der Waals surface area contributed by atoms with Gasteiger partial charge in [-0.3, -0.25) is 0 Å². The fourth-order valence-electron chi connectivity index (χ4n) is 2.86. The van der Waals surface area contributed by atoms with E-state index in [1.807, 2.05) is 61.5 Å². The van der Waals surface area contributed by atoms with Crippen molar-refractivity contribution in [1.29, 1.82) is 0 Å². The van der Waals surface area contributed by atoms with Gasteiger partial charge in [-0.05, 0) is 55.0 Å². The van der Waals surface area contributed by atoms with Crippen LogP contribution in [0.4, 0.5) is 4.39 Å². The zero-order valence-electron chi connectivity index (χ0n) is 15.2. The van der Waals surface area contributed by atoms with Crippen LogP contribution in [0.15, 0.2) is 77.2 Å². The number of benzene rings is 3. The minimum atomic E-state index is -0.393. The van der Waals surface area contributed by atoms with Crippen molar-refractivity contribution >= 4 is 11.6 Å². The standard InChI is InChI=1S/C23H17ClFNO2/c1-15-22(26-23(27-15)20-12-9-17(25)14-21(20)24)13-16-7-10-19(11-8-16)28-18-5-3-2-4-6-18/h2-12,14H,13H2,1H3. The van der Waals surface area contributed by atoms with Gasteiger partial charge in [0.2, 0.25) is 5.89 Å². The van der Waals surface area contributed by atoms with Gasteiger partial charge < -0.3 is 9.15 Å². The van der Waals surface area contributed by atoms with Crippen molar-refractivity contribution < 1.29 is 13.5 Å². The van der Waals surface area contributed by atoms with Crippen LogP contribution in [-0.4, -0.2) is 4.98 Å². The average Bonchev–Trinajstić information content (AvgIpc) is 3.04. The van der Waals surface area contributed by atoms with E-state index in [9.17, 15) is 4.39 Å². The molecule has 28 heavy (non-hydrogen) atoms. The highest BCUT2D eigenvalue weighted by atomic mass is 35.5. The normalized spacial score (nSPS) is 10.8. The van der Waals surface area contributed by atoms with E-state index in [0.717, 1.165) is 22.8 Å². The lowest BCUT2D eigenvalue weighted by Crippen LogP contribution is -1.92. The summed E-state index contributed by atoms with van der Waals surface area (Å²) in [5, 5.41) is 0.273. The summed E-state index contributed by atoms with van der Waals surface area (Å²) in [5.41, 5.74) is 2.46. The largest absolute Gasteiger partial charge is 0.457 e. The maximum absolute atomic E-state index is 13.3. The molecule has 140 valence electrons. The van der Waals surface area contributed by atoms with Gasteiger partial charge >= 0.3 is 0 Å². The molecule has 0 radical (unpaired) electrons. The number of oxazole rings is 1. The predicted octanol–water partition coefficient (Wildman–Crippen LogP) is 6.83. The Kier molecular flexibility index (Phi) is 5.13. The predicted molar refractivity (Wildman–Crippen MR) is 107 cm³/mol. The third-order valence-corrected chi connectivity index (χ3v) is 4.64.